The lowest BCUT2D eigenvalue weighted by Crippen LogP contribution is -2.23. The van der Waals surface area contributed by atoms with Crippen LogP contribution in [0.3, 0.4) is 0 Å². The number of aliphatic hydroxyl groups excluding tert-OH is 1. The van der Waals surface area contributed by atoms with E-state index < -0.39 is 0 Å². The number of hydrogen-bond donors (Lipinski definition) is 2. The molecule has 17 heavy (non-hydrogen) atoms. The van der Waals surface area contributed by atoms with Crippen LogP contribution in [0.2, 0.25) is 5.02 Å². The maximum atomic E-state index is 8.90. The largest absolute Gasteiger partial charge is 0.396 e. The minimum absolute atomic E-state index is 0.263. The van der Waals surface area contributed by atoms with Crippen molar-refractivity contribution in [3.63, 3.8) is 0 Å². The first-order valence-electron chi connectivity index (χ1n) is 5.92. The molecular formula is C13H19BrClNO. The molecule has 1 aromatic rings. The van der Waals surface area contributed by atoms with Crippen molar-refractivity contribution in [3.05, 3.63) is 33.3 Å². The zero-order valence-electron chi connectivity index (χ0n) is 10.0. The Morgan fingerprint density at radius 1 is 1.47 bits per heavy atom. The van der Waals surface area contributed by atoms with Gasteiger partial charge in [-0.2, -0.15) is 0 Å². The third-order valence-electron chi connectivity index (χ3n) is 2.88. The van der Waals surface area contributed by atoms with E-state index >= 15 is 0 Å². The van der Waals surface area contributed by atoms with Crippen LogP contribution in [-0.4, -0.2) is 18.3 Å². The summed E-state index contributed by atoms with van der Waals surface area (Å²) < 4.78 is 0.998. The molecular weight excluding hydrogens is 302 g/mol. The van der Waals surface area contributed by atoms with Crippen LogP contribution < -0.4 is 5.32 Å². The molecule has 1 atom stereocenters. The molecule has 0 aliphatic heterocycles. The highest BCUT2D eigenvalue weighted by Crippen LogP contribution is 2.21. The van der Waals surface area contributed by atoms with Crippen molar-refractivity contribution in [2.24, 2.45) is 5.92 Å². The maximum Gasteiger partial charge on any atom is 0.0462 e. The van der Waals surface area contributed by atoms with E-state index in [4.69, 9.17) is 16.7 Å². The summed E-state index contributed by atoms with van der Waals surface area (Å²) in [6.07, 6.45) is 1.94. The van der Waals surface area contributed by atoms with E-state index in [1.807, 2.05) is 18.2 Å². The first-order valence-corrected chi connectivity index (χ1v) is 7.10. The summed E-state index contributed by atoms with van der Waals surface area (Å²) in [5.74, 6) is 0.536. The first-order chi connectivity index (χ1) is 8.17. The minimum atomic E-state index is 0.263. The van der Waals surface area contributed by atoms with E-state index in [-0.39, 0.29) is 6.61 Å². The maximum absolute atomic E-state index is 8.90. The number of rotatable bonds is 7. The van der Waals surface area contributed by atoms with Gasteiger partial charge in [0.15, 0.2) is 0 Å². The van der Waals surface area contributed by atoms with Gasteiger partial charge < -0.3 is 10.4 Å². The van der Waals surface area contributed by atoms with Gasteiger partial charge in [-0.25, -0.2) is 0 Å². The fourth-order valence-corrected chi connectivity index (χ4v) is 2.45. The smallest absolute Gasteiger partial charge is 0.0462 e. The summed E-state index contributed by atoms with van der Waals surface area (Å²) in [6, 6.07) is 5.92. The molecule has 0 saturated carbocycles. The molecule has 0 amide bonds. The molecule has 0 saturated heterocycles. The molecule has 0 aromatic heterocycles. The van der Waals surface area contributed by atoms with E-state index in [0.717, 1.165) is 41.0 Å². The van der Waals surface area contributed by atoms with Crippen molar-refractivity contribution >= 4 is 27.5 Å². The zero-order valence-corrected chi connectivity index (χ0v) is 12.4. The fraction of sp³-hybridized carbons (Fsp3) is 0.538. The molecule has 0 bridgehead atoms. The van der Waals surface area contributed by atoms with E-state index in [9.17, 15) is 0 Å². The zero-order chi connectivity index (χ0) is 12.7. The molecule has 96 valence electrons. The number of halogens is 2. The molecule has 2 N–H and O–H groups in total. The van der Waals surface area contributed by atoms with Crippen LogP contribution in [0.15, 0.2) is 22.7 Å². The minimum Gasteiger partial charge on any atom is -0.396 e. The molecule has 1 unspecified atom stereocenters. The van der Waals surface area contributed by atoms with Crippen LogP contribution in [0.25, 0.3) is 0 Å². The first kappa shape index (κ1) is 15.0. The van der Waals surface area contributed by atoms with Crippen LogP contribution in [0.4, 0.5) is 0 Å². The van der Waals surface area contributed by atoms with Crippen molar-refractivity contribution in [3.8, 4) is 0 Å². The van der Waals surface area contributed by atoms with Gasteiger partial charge in [0.2, 0.25) is 0 Å². The third-order valence-corrected chi connectivity index (χ3v) is 3.72. The Balaban J connectivity index is 2.39. The topological polar surface area (TPSA) is 32.3 Å². The van der Waals surface area contributed by atoms with Gasteiger partial charge in [0.25, 0.3) is 0 Å². The van der Waals surface area contributed by atoms with E-state index in [1.165, 1.54) is 0 Å². The van der Waals surface area contributed by atoms with Gasteiger partial charge in [-0.15, -0.1) is 0 Å². The normalized spacial score (nSPS) is 12.7. The summed E-state index contributed by atoms with van der Waals surface area (Å²) in [5, 5.41) is 13.1. The Bertz CT molecular complexity index is 346. The molecule has 0 heterocycles. The Morgan fingerprint density at radius 3 is 2.82 bits per heavy atom. The van der Waals surface area contributed by atoms with Crippen LogP contribution in [0, 0.1) is 5.92 Å². The molecule has 0 spiro atoms. The number of benzene rings is 1. The number of hydrogen-bond acceptors (Lipinski definition) is 2. The van der Waals surface area contributed by atoms with Crippen molar-refractivity contribution < 1.29 is 5.11 Å². The standard InChI is InChI=1S/C13H19BrClNO/c1-2-10(5-6-17)8-16-9-11-3-4-12(14)7-13(11)15/h3-4,7,10,16-17H,2,5-6,8-9H2,1H3. The average molecular weight is 321 g/mol. The Labute approximate surface area is 117 Å². The molecule has 0 aliphatic rings. The van der Waals surface area contributed by atoms with Gasteiger partial charge in [0.1, 0.15) is 0 Å². The van der Waals surface area contributed by atoms with Crippen LogP contribution >= 0.6 is 27.5 Å². The molecule has 2 nitrogen and oxygen atoms in total. The average Bonchev–Trinajstić information content (AvgIpc) is 2.30. The highest BCUT2D eigenvalue weighted by atomic mass is 79.9. The molecule has 0 fully saturated rings. The monoisotopic (exact) mass is 319 g/mol. The van der Waals surface area contributed by atoms with Crippen molar-refractivity contribution in [1.29, 1.82) is 0 Å². The Kier molecular flexibility index (Phi) is 7.12. The lowest BCUT2D eigenvalue weighted by atomic mass is 10.0. The predicted molar refractivity (Wildman–Crippen MR) is 76.3 cm³/mol. The second-order valence-corrected chi connectivity index (χ2v) is 5.48. The van der Waals surface area contributed by atoms with Crippen LogP contribution in [0.1, 0.15) is 25.3 Å². The number of nitrogens with one attached hydrogen (secondary N) is 1. The van der Waals surface area contributed by atoms with Gasteiger partial charge in [0, 0.05) is 22.6 Å². The van der Waals surface area contributed by atoms with Crippen molar-refractivity contribution in [2.75, 3.05) is 13.2 Å². The summed E-state index contributed by atoms with van der Waals surface area (Å²) in [6.45, 7) is 4.10. The summed E-state index contributed by atoms with van der Waals surface area (Å²) in [5.41, 5.74) is 1.11. The second-order valence-electron chi connectivity index (χ2n) is 4.15. The summed E-state index contributed by atoms with van der Waals surface area (Å²) >= 11 is 9.52. The highest BCUT2D eigenvalue weighted by molar-refractivity contribution is 9.10. The predicted octanol–water partition coefficient (Wildman–Crippen LogP) is 3.60. The lowest BCUT2D eigenvalue weighted by molar-refractivity contribution is 0.251. The van der Waals surface area contributed by atoms with Gasteiger partial charge in [-0.3, -0.25) is 0 Å². The van der Waals surface area contributed by atoms with Gasteiger partial charge >= 0.3 is 0 Å². The van der Waals surface area contributed by atoms with Crippen LogP contribution in [0.5, 0.6) is 0 Å². The second kappa shape index (κ2) is 8.09. The molecule has 1 rings (SSSR count). The van der Waals surface area contributed by atoms with Crippen LogP contribution in [-0.2, 0) is 6.54 Å². The van der Waals surface area contributed by atoms with Gasteiger partial charge in [0.05, 0.1) is 0 Å². The van der Waals surface area contributed by atoms with Gasteiger partial charge in [-0.1, -0.05) is 46.9 Å². The van der Waals surface area contributed by atoms with E-state index in [0.29, 0.717) is 5.92 Å². The lowest BCUT2D eigenvalue weighted by Gasteiger charge is -2.14. The molecule has 0 radical (unpaired) electrons. The SMILES string of the molecule is CCC(CCO)CNCc1ccc(Br)cc1Cl. The molecule has 4 heteroatoms. The fourth-order valence-electron chi connectivity index (χ4n) is 1.71. The highest BCUT2D eigenvalue weighted by Gasteiger charge is 2.06. The molecule has 0 aliphatic carbocycles. The van der Waals surface area contributed by atoms with Crippen molar-refractivity contribution in [2.45, 2.75) is 26.3 Å². The Hall–Kier alpha value is -0.0900. The molecule has 1 aromatic carbocycles. The Morgan fingerprint density at radius 2 is 2.24 bits per heavy atom. The summed E-state index contributed by atoms with van der Waals surface area (Å²) in [7, 11) is 0. The van der Waals surface area contributed by atoms with E-state index in [2.05, 4.69) is 28.2 Å². The van der Waals surface area contributed by atoms with Crippen molar-refractivity contribution in [1.82, 2.24) is 5.32 Å². The number of aliphatic hydroxyl groups is 1. The summed E-state index contributed by atoms with van der Waals surface area (Å²) in [4.78, 5) is 0. The van der Waals surface area contributed by atoms with E-state index in [1.54, 1.807) is 0 Å². The quantitative estimate of drug-likeness (QED) is 0.804. The third kappa shape index (κ3) is 5.38. The van der Waals surface area contributed by atoms with Gasteiger partial charge in [-0.05, 0) is 36.6 Å².